The molecule has 0 saturated heterocycles. The lowest BCUT2D eigenvalue weighted by atomic mass is 10.0. The molecule has 1 aromatic heterocycles. The number of hydrogen-bond donors (Lipinski definition) is 1. The van der Waals surface area contributed by atoms with Gasteiger partial charge in [0, 0.05) is 6.61 Å². The maximum Gasteiger partial charge on any atom is 0.261 e. The summed E-state index contributed by atoms with van der Waals surface area (Å²) < 4.78 is 11.0. The summed E-state index contributed by atoms with van der Waals surface area (Å²) in [6, 6.07) is 5.26. The number of nitrogens with zero attached hydrogens (tertiary/aromatic N) is 2. The van der Waals surface area contributed by atoms with Gasteiger partial charge in [-0.3, -0.25) is 0 Å². The molecule has 1 aromatic carbocycles. The Morgan fingerprint density at radius 1 is 1.35 bits per heavy atom. The zero-order valence-corrected chi connectivity index (χ0v) is 12.3. The molecule has 1 unspecified atom stereocenters. The molecule has 2 rings (SSSR count). The smallest absolute Gasteiger partial charge is 0.261 e. The van der Waals surface area contributed by atoms with Crippen molar-refractivity contribution in [1.29, 1.82) is 0 Å². The molecule has 1 heterocycles. The minimum absolute atomic E-state index is 0.125. The largest absolute Gasteiger partial charge is 0.507 e. The van der Waals surface area contributed by atoms with Crippen LogP contribution < -0.4 is 0 Å². The quantitative estimate of drug-likeness (QED) is 0.906. The molecule has 0 amide bonds. The van der Waals surface area contributed by atoms with Crippen LogP contribution in [-0.2, 0) is 10.3 Å². The van der Waals surface area contributed by atoms with Gasteiger partial charge in [-0.05, 0) is 39.3 Å². The molecular formula is C15H20N2O3. The maximum atomic E-state index is 9.90. The summed E-state index contributed by atoms with van der Waals surface area (Å²) in [5.41, 5.74) is 0.981. The molecular weight excluding hydrogens is 256 g/mol. The van der Waals surface area contributed by atoms with Gasteiger partial charge in [-0.2, -0.15) is 4.98 Å². The third-order valence-electron chi connectivity index (χ3n) is 3.42. The Morgan fingerprint density at radius 2 is 2.10 bits per heavy atom. The molecule has 0 radical (unpaired) electrons. The molecule has 5 nitrogen and oxygen atoms in total. The Hall–Kier alpha value is -1.88. The third-order valence-corrected chi connectivity index (χ3v) is 3.42. The van der Waals surface area contributed by atoms with Crippen LogP contribution in [0.5, 0.6) is 5.75 Å². The monoisotopic (exact) mass is 276 g/mol. The Labute approximate surface area is 118 Å². The highest BCUT2D eigenvalue weighted by molar-refractivity contribution is 5.63. The van der Waals surface area contributed by atoms with Crippen molar-refractivity contribution >= 4 is 0 Å². The number of phenols is 1. The normalized spacial score (nSPS) is 14.2. The van der Waals surface area contributed by atoms with Gasteiger partial charge < -0.3 is 14.4 Å². The fourth-order valence-corrected chi connectivity index (χ4v) is 2.01. The highest BCUT2D eigenvalue weighted by Crippen LogP contribution is 2.32. The Kier molecular flexibility index (Phi) is 4.09. The van der Waals surface area contributed by atoms with Gasteiger partial charge in [0.25, 0.3) is 5.89 Å². The highest BCUT2D eigenvalue weighted by atomic mass is 16.5. The number of benzene rings is 1. The zero-order chi connectivity index (χ0) is 14.8. The molecule has 0 aliphatic rings. The lowest BCUT2D eigenvalue weighted by molar-refractivity contribution is -0.0403. The van der Waals surface area contributed by atoms with Gasteiger partial charge in [-0.15, -0.1) is 0 Å². The van der Waals surface area contributed by atoms with E-state index in [2.05, 4.69) is 10.1 Å². The molecule has 5 heteroatoms. The van der Waals surface area contributed by atoms with Crippen molar-refractivity contribution in [3.8, 4) is 17.2 Å². The van der Waals surface area contributed by atoms with Crippen molar-refractivity contribution in [2.45, 2.75) is 39.7 Å². The van der Waals surface area contributed by atoms with Crippen LogP contribution in [0.2, 0.25) is 0 Å². The van der Waals surface area contributed by atoms with Crippen LogP contribution >= 0.6 is 0 Å². The first-order valence-electron chi connectivity index (χ1n) is 6.78. The summed E-state index contributed by atoms with van der Waals surface area (Å²) in [6.07, 6.45) is 0.736. The van der Waals surface area contributed by atoms with Gasteiger partial charge in [0.15, 0.2) is 0 Å². The predicted octanol–water partition coefficient (Wildman–Crippen LogP) is 3.41. The summed E-state index contributed by atoms with van der Waals surface area (Å²) in [5, 5.41) is 13.9. The van der Waals surface area contributed by atoms with Crippen LogP contribution in [-0.4, -0.2) is 21.9 Å². The zero-order valence-electron chi connectivity index (χ0n) is 12.3. The second kappa shape index (κ2) is 5.63. The number of hydrogen-bond acceptors (Lipinski definition) is 5. The second-order valence-corrected chi connectivity index (χ2v) is 4.96. The van der Waals surface area contributed by atoms with Crippen molar-refractivity contribution in [3.63, 3.8) is 0 Å². The van der Waals surface area contributed by atoms with E-state index in [1.807, 2.05) is 39.8 Å². The second-order valence-electron chi connectivity index (χ2n) is 4.96. The lowest BCUT2D eigenvalue weighted by Gasteiger charge is -2.23. The molecule has 0 saturated carbocycles. The van der Waals surface area contributed by atoms with E-state index in [0.717, 1.165) is 12.0 Å². The van der Waals surface area contributed by atoms with E-state index < -0.39 is 5.60 Å². The van der Waals surface area contributed by atoms with Crippen LogP contribution in [0.3, 0.4) is 0 Å². The van der Waals surface area contributed by atoms with Crippen molar-refractivity contribution in [2.24, 2.45) is 0 Å². The minimum atomic E-state index is -0.573. The summed E-state index contributed by atoms with van der Waals surface area (Å²) in [5.74, 6) is 0.929. The Balaban J connectivity index is 2.40. The number of aromatic nitrogens is 2. The average molecular weight is 276 g/mol. The van der Waals surface area contributed by atoms with Gasteiger partial charge in [0.2, 0.25) is 5.82 Å². The molecule has 0 aliphatic carbocycles. The average Bonchev–Trinajstić information content (AvgIpc) is 2.92. The fourth-order valence-electron chi connectivity index (χ4n) is 2.01. The van der Waals surface area contributed by atoms with Gasteiger partial charge >= 0.3 is 0 Å². The molecule has 0 fully saturated rings. The van der Waals surface area contributed by atoms with Crippen molar-refractivity contribution < 1.29 is 14.4 Å². The number of phenolic OH excluding ortho intramolecular Hbond substituents is 1. The molecule has 0 aliphatic heterocycles. The summed E-state index contributed by atoms with van der Waals surface area (Å²) >= 11 is 0. The van der Waals surface area contributed by atoms with Crippen LogP contribution in [0.15, 0.2) is 22.7 Å². The van der Waals surface area contributed by atoms with E-state index >= 15 is 0 Å². The van der Waals surface area contributed by atoms with Crippen molar-refractivity contribution in [3.05, 3.63) is 29.6 Å². The molecule has 0 bridgehead atoms. The Bertz CT molecular complexity index is 595. The van der Waals surface area contributed by atoms with E-state index in [1.165, 1.54) is 0 Å². The van der Waals surface area contributed by atoms with E-state index in [1.54, 1.807) is 6.07 Å². The molecule has 1 atom stereocenters. The van der Waals surface area contributed by atoms with E-state index in [4.69, 9.17) is 9.26 Å². The third kappa shape index (κ3) is 2.67. The first kappa shape index (κ1) is 14.5. The topological polar surface area (TPSA) is 68.4 Å². The van der Waals surface area contributed by atoms with Crippen molar-refractivity contribution in [2.75, 3.05) is 6.61 Å². The van der Waals surface area contributed by atoms with Crippen LogP contribution in [0.4, 0.5) is 0 Å². The Morgan fingerprint density at radius 3 is 2.75 bits per heavy atom. The number of rotatable bonds is 5. The minimum Gasteiger partial charge on any atom is -0.507 e. The van der Waals surface area contributed by atoms with E-state index in [9.17, 15) is 5.11 Å². The SMILES string of the molecule is CCOC(C)(CC)c1noc(-c2cc(C)ccc2O)n1. The maximum absolute atomic E-state index is 9.90. The molecule has 1 N–H and O–H groups in total. The number of ether oxygens (including phenoxy) is 1. The van der Waals surface area contributed by atoms with Gasteiger partial charge in [-0.25, -0.2) is 0 Å². The molecule has 0 spiro atoms. The summed E-state index contributed by atoms with van der Waals surface area (Å²) in [6.45, 7) is 8.39. The van der Waals surface area contributed by atoms with Gasteiger partial charge in [-0.1, -0.05) is 23.7 Å². The van der Waals surface area contributed by atoms with Crippen molar-refractivity contribution in [1.82, 2.24) is 10.1 Å². The lowest BCUT2D eigenvalue weighted by Crippen LogP contribution is -2.26. The number of aryl methyl sites for hydroxylation is 1. The van der Waals surface area contributed by atoms with Gasteiger partial charge in [0.1, 0.15) is 11.4 Å². The van der Waals surface area contributed by atoms with Crippen LogP contribution in [0.25, 0.3) is 11.5 Å². The fraction of sp³-hybridized carbons (Fsp3) is 0.467. The summed E-state index contributed by atoms with van der Waals surface area (Å²) in [7, 11) is 0. The summed E-state index contributed by atoms with van der Waals surface area (Å²) in [4.78, 5) is 4.38. The molecule has 2 aromatic rings. The van der Waals surface area contributed by atoms with E-state index in [-0.39, 0.29) is 5.75 Å². The standard InChI is InChI=1S/C15H20N2O3/c1-5-15(4,19-6-2)14-16-13(20-17-14)11-9-10(3)7-8-12(11)18/h7-9,18H,5-6H2,1-4H3. The highest BCUT2D eigenvalue weighted by Gasteiger charge is 2.31. The molecule has 108 valence electrons. The van der Waals surface area contributed by atoms with Crippen LogP contribution in [0.1, 0.15) is 38.6 Å². The van der Waals surface area contributed by atoms with E-state index in [0.29, 0.717) is 23.9 Å². The first-order valence-corrected chi connectivity index (χ1v) is 6.78. The number of aromatic hydroxyl groups is 1. The van der Waals surface area contributed by atoms with Gasteiger partial charge in [0.05, 0.1) is 5.56 Å². The first-order chi connectivity index (χ1) is 9.50. The molecule has 20 heavy (non-hydrogen) atoms. The predicted molar refractivity (Wildman–Crippen MR) is 75.4 cm³/mol. The van der Waals surface area contributed by atoms with Crippen LogP contribution in [0, 0.1) is 6.92 Å².